The molecule has 0 aromatic heterocycles. The zero-order chi connectivity index (χ0) is 21.2. The van der Waals surface area contributed by atoms with Crippen molar-refractivity contribution in [2.24, 2.45) is 10.3 Å². The minimum atomic E-state index is -3.72. The fraction of sp³-hybridized carbons (Fsp3) is 0.545. The van der Waals surface area contributed by atoms with E-state index in [1.807, 2.05) is 47.9 Å². The van der Waals surface area contributed by atoms with Crippen molar-refractivity contribution in [1.29, 1.82) is 0 Å². The fourth-order valence-electron chi connectivity index (χ4n) is 3.84. The number of sulfonamides is 1. The summed E-state index contributed by atoms with van der Waals surface area (Å²) in [7, 11) is -3.72. The largest absolute Gasteiger partial charge is 0.354 e. The fourth-order valence-corrected chi connectivity index (χ4v) is 5.32. The van der Waals surface area contributed by atoms with Gasteiger partial charge in [0, 0.05) is 38.2 Å². The van der Waals surface area contributed by atoms with E-state index >= 15 is 0 Å². The Balaban J connectivity index is 1.78. The summed E-state index contributed by atoms with van der Waals surface area (Å²) in [5.74, 6) is 1.10. The molecule has 0 saturated carbocycles. The van der Waals surface area contributed by atoms with Crippen LogP contribution in [0.15, 0.2) is 34.2 Å². The summed E-state index contributed by atoms with van der Waals surface area (Å²) >= 11 is 0. The third kappa shape index (κ3) is 4.71. The van der Waals surface area contributed by atoms with E-state index in [2.05, 4.69) is 18.2 Å². The van der Waals surface area contributed by atoms with Crippen molar-refractivity contribution in [2.45, 2.75) is 47.0 Å². The van der Waals surface area contributed by atoms with Gasteiger partial charge in [-0.05, 0) is 31.7 Å². The van der Waals surface area contributed by atoms with Crippen molar-refractivity contribution in [3.8, 4) is 0 Å². The number of rotatable bonds is 4. The third-order valence-electron chi connectivity index (χ3n) is 5.82. The summed E-state index contributed by atoms with van der Waals surface area (Å²) in [6.07, 6.45) is 2.37. The first kappa shape index (κ1) is 21.6. The Labute approximate surface area is 174 Å². The van der Waals surface area contributed by atoms with Gasteiger partial charge in [-0.15, -0.1) is 4.40 Å². The van der Waals surface area contributed by atoms with Gasteiger partial charge in [-0.3, -0.25) is 4.79 Å². The molecule has 1 saturated heterocycles. The van der Waals surface area contributed by atoms with Crippen LogP contribution in [0.4, 0.5) is 0 Å². The molecule has 7 heteroatoms. The van der Waals surface area contributed by atoms with Crippen LogP contribution in [0.3, 0.4) is 0 Å². The van der Waals surface area contributed by atoms with Crippen LogP contribution in [0.2, 0.25) is 0 Å². The lowest BCUT2D eigenvalue weighted by atomic mass is 10.0. The lowest BCUT2D eigenvalue weighted by molar-refractivity contribution is -0.131. The van der Waals surface area contributed by atoms with Crippen molar-refractivity contribution in [3.63, 3.8) is 0 Å². The van der Waals surface area contributed by atoms with Crippen LogP contribution < -0.4 is 0 Å². The Morgan fingerprint density at radius 3 is 2.45 bits per heavy atom. The van der Waals surface area contributed by atoms with Crippen molar-refractivity contribution in [3.05, 3.63) is 41.0 Å². The van der Waals surface area contributed by atoms with Gasteiger partial charge in [-0.1, -0.05) is 50.1 Å². The number of amidine groups is 1. The standard InChI is InChI=1S/C22H31N3O3S/c1-5-16(2)15-20(26)24-11-6-12-25(14-13-24)22-18(4)21(29(27,28)23-22)19-9-7-17(3)8-10-19/h7-10,16H,5-6,11-15H2,1-4H3/t16-/m0/s1. The third-order valence-corrected chi connectivity index (χ3v) is 7.29. The molecule has 1 atom stereocenters. The van der Waals surface area contributed by atoms with Gasteiger partial charge in [0.15, 0.2) is 0 Å². The van der Waals surface area contributed by atoms with Crippen LogP contribution in [0.25, 0.3) is 4.91 Å². The van der Waals surface area contributed by atoms with Crippen LogP contribution in [0.1, 0.15) is 51.2 Å². The van der Waals surface area contributed by atoms with Crippen molar-refractivity contribution in [2.75, 3.05) is 26.2 Å². The Bertz CT molecular complexity index is 933. The highest BCUT2D eigenvalue weighted by Crippen LogP contribution is 2.34. The molecular formula is C22H31N3O3S. The molecule has 0 spiro atoms. The molecule has 0 aliphatic carbocycles. The average Bonchev–Trinajstić information content (AvgIpc) is 2.83. The first-order valence-electron chi connectivity index (χ1n) is 10.4. The highest BCUT2D eigenvalue weighted by atomic mass is 32.2. The van der Waals surface area contributed by atoms with Crippen LogP contribution in [-0.4, -0.2) is 56.1 Å². The predicted octanol–water partition coefficient (Wildman–Crippen LogP) is 3.44. The molecular weight excluding hydrogens is 386 g/mol. The summed E-state index contributed by atoms with van der Waals surface area (Å²) in [5, 5.41) is 0. The van der Waals surface area contributed by atoms with Gasteiger partial charge in [0.05, 0.1) is 0 Å². The zero-order valence-electron chi connectivity index (χ0n) is 17.8. The minimum Gasteiger partial charge on any atom is -0.354 e. The average molecular weight is 418 g/mol. The molecule has 29 heavy (non-hydrogen) atoms. The monoisotopic (exact) mass is 417 g/mol. The van der Waals surface area contributed by atoms with Gasteiger partial charge in [0.25, 0.3) is 10.0 Å². The molecule has 3 rings (SSSR count). The van der Waals surface area contributed by atoms with E-state index in [0.29, 0.717) is 60.4 Å². The first-order chi connectivity index (χ1) is 13.7. The molecule has 1 amide bonds. The maximum atomic E-state index is 12.8. The lowest BCUT2D eigenvalue weighted by Crippen LogP contribution is -2.37. The minimum absolute atomic E-state index is 0.190. The number of carbonyl (C=O) groups excluding carboxylic acids is 1. The van der Waals surface area contributed by atoms with E-state index in [1.165, 1.54) is 0 Å². The summed E-state index contributed by atoms with van der Waals surface area (Å²) < 4.78 is 29.7. The summed E-state index contributed by atoms with van der Waals surface area (Å²) in [4.78, 5) is 16.8. The van der Waals surface area contributed by atoms with Crippen molar-refractivity contribution < 1.29 is 13.2 Å². The van der Waals surface area contributed by atoms with Gasteiger partial charge < -0.3 is 9.80 Å². The molecule has 0 unspecified atom stereocenters. The topological polar surface area (TPSA) is 70.1 Å². The second-order valence-electron chi connectivity index (χ2n) is 8.15. The van der Waals surface area contributed by atoms with Crippen LogP contribution in [0.5, 0.6) is 0 Å². The highest BCUT2D eigenvalue weighted by molar-refractivity contribution is 8.00. The maximum absolute atomic E-state index is 12.8. The molecule has 0 radical (unpaired) electrons. The molecule has 2 aliphatic heterocycles. The number of nitrogens with zero attached hydrogens (tertiary/aromatic N) is 3. The molecule has 0 bridgehead atoms. The quantitative estimate of drug-likeness (QED) is 0.752. The van der Waals surface area contributed by atoms with E-state index in [4.69, 9.17) is 0 Å². The Hall–Kier alpha value is -2.15. The van der Waals surface area contributed by atoms with Crippen molar-refractivity contribution >= 4 is 26.7 Å². The first-order valence-corrected chi connectivity index (χ1v) is 11.8. The lowest BCUT2D eigenvalue weighted by Gasteiger charge is -2.24. The number of amides is 1. The number of benzene rings is 1. The second-order valence-corrected chi connectivity index (χ2v) is 9.69. The zero-order valence-corrected chi connectivity index (χ0v) is 18.6. The SMILES string of the molecule is CC[C@H](C)CC(=O)N1CCCN(C2=NS(=O)(=O)C(c3ccc(C)cc3)=C2C)CC1. The maximum Gasteiger partial charge on any atom is 0.285 e. The van der Waals surface area contributed by atoms with Crippen LogP contribution in [-0.2, 0) is 14.8 Å². The molecule has 158 valence electrons. The summed E-state index contributed by atoms with van der Waals surface area (Å²) in [5.41, 5.74) is 2.44. The van der Waals surface area contributed by atoms with Gasteiger partial charge in [-0.25, -0.2) is 0 Å². The molecule has 1 aromatic rings. The summed E-state index contributed by atoms with van der Waals surface area (Å²) in [6.45, 7) is 10.6. The van der Waals surface area contributed by atoms with E-state index in [-0.39, 0.29) is 5.91 Å². The van der Waals surface area contributed by atoms with Gasteiger partial charge in [0.2, 0.25) is 5.91 Å². The van der Waals surface area contributed by atoms with Crippen LogP contribution >= 0.6 is 0 Å². The number of hydrogen-bond acceptors (Lipinski definition) is 4. The van der Waals surface area contributed by atoms with E-state index in [9.17, 15) is 13.2 Å². The van der Waals surface area contributed by atoms with Crippen molar-refractivity contribution in [1.82, 2.24) is 9.80 Å². The van der Waals surface area contributed by atoms with Gasteiger partial charge in [-0.2, -0.15) is 8.42 Å². The van der Waals surface area contributed by atoms with E-state index < -0.39 is 10.0 Å². The normalized spacial score (nSPS) is 20.5. The number of carbonyl (C=O) groups is 1. The Kier molecular flexibility index (Phi) is 6.46. The molecule has 2 heterocycles. The van der Waals surface area contributed by atoms with E-state index in [0.717, 1.165) is 18.4 Å². The summed E-state index contributed by atoms with van der Waals surface area (Å²) in [6, 6.07) is 7.50. The second kappa shape index (κ2) is 8.69. The molecule has 6 nitrogen and oxygen atoms in total. The molecule has 0 N–H and O–H groups in total. The van der Waals surface area contributed by atoms with E-state index in [1.54, 1.807) is 0 Å². The Morgan fingerprint density at radius 2 is 1.79 bits per heavy atom. The number of aryl methyl sites for hydroxylation is 1. The van der Waals surface area contributed by atoms with Gasteiger partial charge in [0.1, 0.15) is 10.7 Å². The molecule has 1 aromatic carbocycles. The van der Waals surface area contributed by atoms with Crippen LogP contribution in [0, 0.1) is 12.8 Å². The highest BCUT2D eigenvalue weighted by Gasteiger charge is 2.34. The van der Waals surface area contributed by atoms with Gasteiger partial charge >= 0.3 is 0 Å². The molecule has 1 fully saturated rings. The molecule has 2 aliphatic rings. The predicted molar refractivity (Wildman–Crippen MR) is 117 cm³/mol. The smallest absolute Gasteiger partial charge is 0.285 e. The Morgan fingerprint density at radius 1 is 1.10 bits per heavy atom. The number of hydrogen-bond donors (Lipinski definition) is 0.